The van der Waals surface area contributed by atoms with Crippen LogP contribution in [0.15, 0.2) is 22.7 Å². The molecule has 0 saturated carbocycles. The highest BCUT2D eigenvalue weighted by Crippen LogP contribution is 2.30. The first-order chi connectivity index (χ1) is 9.43. The van der Waals surface area contributed by atoms with Crippen molar-refractivity contribution in [3.05, 3.63) is 28.2 Å². The van der Waals surface area contributed by atoms with Crippen molar-refractivity contribution in [1.82, 2.24) is 5.32 Å². The van der Waals surface area contributed by atoms with Crippen molar-refractivity contribution in [3.63, 3.8) is 0 Å². The monoisotopic (exact) mass is 360 g/mol. The van der Waals surface area contributed by atoms with Crippen LogP contribution in [0.3, 0.4) is 0 Å². The number of nitrogens with zero attached hydrogens (tertiary/aromatic N) is 1. The zero-order valence-electron chi connectivity index (χ0n) is 11.9. The second-order valence-corrected chi connectivity index (χ2v) is 8.43. The highest BCUT2D eigenvalue weighted by atomic mass is 79.9. The maximum atomic E-state index is 11.7. The summed E-state index contributed by atoms with van der Waals surface area (Å²) < 4.78 is 24.5. The van der Waals surface area contributed by atoms with E-state index in [1.54, 1.807) is 0 Å². The van der Waals surface area contributed by atoms with Crippen LogP contribution in [0, 0.1) is 0 Å². The molecule has 6 heteroatoms. The quantitative estimate of drug-likeness (QED) is 0.898. The number of hydrogen-bond acceptors (Lipinski definition) is 4. The maximum absolute atomic E-state index is 11.7. The van der Waals surface area contributed by atoms with E-state index in [9.17, 15) is 8.42 Å². The van der Waals surface area contributed by atoms with Gasteiger partial charge in [0.2, 0.25) is 0 Å². The van der Waals surface area contributed by atoms with E-state index in [0.717, 1.165) is 16.7 Å². The van der Waals surface area contributed by atoms with Gasteiger partial charge in [0.15, 0.2) is 9.84 Å². The van der Waals surface area contributed by atoms with Crippen LogP contribution in [-0.2, 0) is 9.84 Å². The average Bonchev–Trinajstić information content (AvgIpc) is 2.58. The molecule has 1 atom stereocenters. The van der Waals surface area contributed by atoms with Gasteiger partial charge in [-0.2, -0.15) is 0 Å². The second kappa shape index (κ2) is 6.45. The number of nitrogens with one attached hydrogen (secondary N) is 1. The van der Waals surface area contributed by atoms with Crippen molar-refractivity contribution in [2.24, 2.45) is 0 Å². The molecular formula is C14H21BrN2O2S. The van der Waals surface area contributed by atoms with Crippen LogP contribution in [0.2, 0.25) is 0 Å². The van der Waals surface area contributed by atoms with Gasteiger partial charge in [0.1, 0.15) is 0 Å². The predicted octanol–water partition coefficient (Wildman–Crippen LogP) is 2.35. The summed E-state index contributed by atoms with van der Waals surface area (Å²) in [4.78, 5) is 2.19. The van der Waals surface area contributed by atoms with Gasteiger partial charge in [-0.15, -0.1) is 0 Å². The van der Waals surface area contributed by atoms with E-state index in [1.165, 1.54) is 5.56 Å². The standard InChI is InChI=1S/C14H21BrN2O2S/c1-11(16-2)13-5-4-12(15)10-14(13)17-6-3-8-20(18,19)9-7-17/h4-5,10-11,16H,3,6-9H2,1-2H3. The molecule has 1 unspecified atom stereocenters. The van der Waals surface area contributed by atoms with Crippen LogP contribution in [0.4, 0.5) is 5.69 Å². The fraction of sp³-hybridized carbons (Fsp3) is 0.571. The van der Waals surface area contributed by atoms with Crippen molar-refractivity contribution in [2.75, 3.05) is 36.5 Å². The summed E-state index contributed by atoms with van der Waals surface area (Å²) >= 11 is 3.51. The van der Waals surface area contributed by atoms with Crippen molar-refractivity contribution >= 4 is 31.5 Å². The third-order valence-corrected chi connectivity index (χ3v) is 6.00. The molecule has 1 fully saturated rings. The van der Waals surface area contributed by atoms with Crippen LogP contribution >= 0.6 is 15.9 Å². The Morgan fingerprint density at radius 1 is 1.30 bits per heavy atom. The molecular weight excluding hydrogens is 340 g/mol. The summed E-state index contributed by atoms with van der Waals surface area (Å²) in [6, 6.07) is 6.44. The molecule has 1 aliphatic heterocycles. The van der Waals surface area contributed by atoms with Crippen molar-refractivity contribution in [1.29, 1.82) is 0 Å². The molecule has 1 N–H and O–H groups in total. The summed E-state index contributed by atoms with van der Waals surface area (Å²) in [6.07, 6.45) is 0.697. The zero-order chi connectivity index (χ0) is 14.8. The summed E-state index contributed by atoms with van der Waals surface area (Å²) in [7, 11) is -0.944. The van der Waals surface area contributed by atoms with Gasteiger partial charge in [0, 0.05) is 29.3 Å². The SMILES string of the molecule is CNC(C)c1ccc(Br)cc1N1CCCS(=O)(=O)CC1. The molecule has 1 aliphatic rings. The van der Waals surface area contributed by atoms with Gasteiger partial charge in [-0.1, -0.05) is 22.0 Å². The Labute approximate surface area is 129 Å². The zero-order valence-corrected chi connectivity index (χ0v) is 14.3. The largest absolute Gasteiger partial charge is 0.370 e. The van der Waals surface area contributed by atoms with Gasteiger partial charge in [-0.25, -0.2) is 8.42 Å². The molecule has 1 aromatic carbocycles. The van der Waals surface area contributed by atoms with Gasteiger partial charge >= 0.3 is 0 Å². The fourth-order valence-corrected chi connectivity index (χ4v) is 4.11. The van der Waals surface area contributed by atoms with Crippen molar-refractivity contribution < 1.29 is 8.42 Å². The van der Waals surface area contributed by atoms with Crippen LogP contribution in [-0.4, -0.2) is 40.1 Å². The molecule has 1 aromatic rings. The van der Waals surface area contributed by atoms with E-state index in [1.807, 2.05) is 13.1 Å². The minimum absolute atomic E-state index is 0.234. The van der Waals surface area contributed by atoms with Crippen LogP contribution in [0.5, 0.6) is 0 Å². The number of benzene rings is 1. The van der Waals surface area contributed by atoms with E-state index < -0.39 is 9.84 Å². The lowest BCUT2D eigenvalue weighted by Gasteiger charge is -2.27. The van der Waals surface area contributed by atoms with Gasteiger partial charge in [0.25, 0.3) is 0 Å². The summed E-state index contributed by atoms with van der Waals surface area (Å²) in [5.74, 6) is 0.543. The minimum Gasteiger partial charge on any atom is -0.370 e. The van der Waals surface area contributed by atoms with Gasteiger partial charge in [-0.05, 0) is 38.1 Å². The normalized spacial score (nSPS) is 20.4. The molecule has 0 bridgehead atoms. The molecule has 0 aliphatic carbocycles. The van der Waals surface area contributed by atoms with E-state index in [2.05, 4.69) is 45.2 Å². The Hall–Kier alpha value is -0.590. The maximum Gasteiger partial charge on any atom is 0.152 e. The topological polar surface area (TPSA) is 49.4 Å². The summed E-state index contributed by atoms with van der Waals surface area (Å²) in [5.41, 5.74) is 2.33. The number of sulfone groups is 1. The molecule has 20 heavy (non-hydrogen) atoms. The number of hydrogen-bond donors (Lipinski definition) is 1. The molecule has 112 valence electrons. The molecule has 1 heterocycles. The third kappa shape index (κ3) is 3.74. The average molecular weight is 361 g/mol. The fourth-order valence-electron chi connectivity index (χ4n) is 2.49. The lowest BCUT2D eigenvalue weighted by atomic mass is 10.1. The first-order valence-electron chi connectivity index (χ1n) is 6.85. The van der Waals surface area contributed by atoms with Crippen LogP contribution < -0.4 is 10.2 Å². The molecule has 0 spiro atoms. The molecule has 1 saturated heterocycles. The van der Waals surface area contributed by atoms with Gasteiger partial charge < -0.3 is 10.2 Å². The summed E-state index contributed by atoms with van der Waals surface area (Å²) in [5, 5.41) is 3.25. The molecule has 2 rings (SSSR count). The van der Waals surface area contributed by atoms with E-state index in [-0.39, 0.29) is 11.8 Å². The minimum atomic E-state index is -2.88. The molecule has 4 nitrogen and oxygen atoms in total. The Bertz CT molecular complexity index is 575. The lowest BCUT2D eigenvalue weighted by molar-refractivity contribution is 0.597. The van der Waals surface area contributed by atoms with Crippen molar-refractivity contribution in [3.8, 4) is 0 Å². The first kappa shape index (κ1) is 15.8. The smallest absolute Gasteiger partial charge is 0.152 e. The molecule has 0 aromatic heterocycles. The second-order valence-electron chi connectivity index (χ2n) is 5.21. The first-order valence-corrected chi connectivity index (χ1v) is 9.46. The Balaban J connectivity index is 2.33. The van der Waals surface area contributed by atoms with Gasteiger partial charge in [-0.3, -0.25) is 0 Å². The van der Waals surface area contributed by atoms with Gasteiger partial charge in [0.05, 0.1) is 11.5 Å². The number of halogens is 1. The van der Waals surface area contributed by atoms with E-state index in [0.29, 0.717) is 18.7 Å². The van der Waals surface area contributed by atoms with E-state index in [4.69, 9.17) is 0 Å². The number of anilines is 1. The Kier molecular flexibility index (Phi) is 5.09. The lowest BCUT2D eigenvalue weighted by Crippen LogP contribution is -2.29. The highest BCUT2D eigenvalue weighted by molar-refractivity contribution is 9.10. The molecule has 0 radical (unpaired) electrons. The molecule has 0 amide bonds. The van der Waals surface area contributed by atoms with Crippen LogP contribution in [0.25, 0.3) is 0 Å². The third-order valence-electron chi connectivity index (χ3n) is 3.79. The number of rotatable bonds is 3. The van der Waals surface area contributed by atoms with E-state index >= 15 is 0 Å². The summed E-state index contributed by atoms with van der Waals surface area (Å²) in [6.45, 7) is 3.47. The Morgan fingerprint density at radius 3 is 2.75 bits per heavy atom. The van der Waals surface area contributed by atoms with Crippen LogP contribution in [0.1, 0.15) is 24.9 Å². The predicted molar refractivity (Wildman–Crippen MR) is 87.1 cm³/mol. The van der Waals surface area contributed by atoms with Crippen molar-refractivity contribution in [2.45, 2.75) is 19.4 Å². The Morgan fingerprint density at radius 2 is 2.05 bits per heavy atom. The highest BCUT2D eigenvalue weighted by Gasteiger charge is 2.22.